The third kappa shape index (κ3) is 3.55. The summed E-state index contributed by atoms with van der Waals surface area (Å²) in [7, 11) is 2.09. The van der Waals surface area contributed by atoms with Crippen molar-refractivity contribution < 1.29 is 13.7 Å². The molecule has 1 aliphatic heterocycles. The maximum atomic E-state index is 12.5. The molecular weight excluding hydrogens is 344 g/mol. The Labute approximate surface area is 157 Å². The van der Waals surface area contributed by atoms with Gasteiger partial charge in [0.05, 0.1) is 5.69 Å². The van der Waals surface area contributed by atoms with Crippen LogP contribution < -0.4 is 5.32 Å². The lowest BCUT2D eigenvalue weighted by molar-refractivity contribution is 0.0896. The number of hydrogen-bond donors (Lipinski definition) is 1. The van der Waals surface area contributed by atoms with Gasteiger partial charge in [-0.1, -0.05) is 5.16 Å². The molecule has 0 fully saturated rings. The molecule has 7 heteroatoms. The second-order valence-electron chi connectivity index (χ2n) is 7.18. The summed E-state index contributed by atoms with van der Waals surface area (Å²) >= 11 is 0. The Morgan fingerprint density at radius 1 is 1.33 bits per heavy atom. The van der Waals surface area contributed by atoms with Gasteiger partial charge in [0.25, 0.3) is 5.91 Å². The Kier molecular flexibility index (Phi) is 4.61. The van der Waals surface area contributed by atoms with E-state index in [-0.39, 0.29) is 11.9 Å². The molecule has 0 radical (unpaired) electrons. The number of rotatable bonds is 5. The van der Waals surface area contributed by atoms with Gasteiger partial charge >= 0.3 is 0 Å². The molecule has 1 aliphatic rings. The molecule has 4 heterocycles. The van der Waals surface area contributed by atoms with Crippen LogP contribution in [0.5, 0.6) is 0 Å². The van der Waals surface area contributed by atoms with Gasteiger partial charge in [-0.05, 0) is 45.2 Å². The molecule has 0 saturated heterocycles. The standard InChI is InChI=1S/C20H24N4O3/c1-13-18(14(2)27-22-13)9-17-6-7-19(26-17)20(25)21-10-16-12-24-8-4-5-15(24)11-23(16)3/h4-8,16H,9-12H2,1-3H3,(H,21,25). The maximum Gasteiger partial charge on any atom is 0.287 e. The molecule has 0 saturated carbocycles. The first kappa shape index (κ1) is 17.6. The average Bonchev–Trinajstić information content (AvgIpc) is 3.36. The van der Waals surface area contributed by atoms with Gasteiger partial charge in [0.15, 0.2) is 5.76 Å². The average molecular weight is 368 g/mol. The van der Waals surface area contributed by atoms with Crippen LogP contribution in [-0.4, -0.2) is 40.2 Å². The van der Waals surface area contributed by atoms with E-state index in [1.165, 1.54) is 5.69 Å². The lowest BCUT2D eigenvalue weighted by Gasteiger charge is -2.34. The normalized spacial score (nSPS) is 17.1. The van der Waals surface area contributed by atoms with Crippen molar-refractivity contribution in [3.05, 3.63) is 64.7 Å². The van der Waals surface area contributed by atoms with Crippen molar-refractivity contribution in [2.24, 2.45) is 0 Å². The van der Waals surface area contributed by atoms with Crippen LogP contribution in [0, 0.1) is 13.8 Å². The summed E-state index contributed by atoms with van der Waals surface area (Å²) in [5, 5.41) is 6.95. The van der Waals surface area contributed by atoms with Crippen molar-refractivity contribution in [2.75, 3.05) is 13.6 Å². The Hall–Kier alpha value is -2.80. The van der Waals surface area contributed by atoms with Crippen molar-refractivity contribution in [3.63, 3.8) is 0 Å². The van der Waals surface area contributed by atoms with Crippen molar-refractivity contribution in [2.45, 2.75) is 39.4 Å². The number of aromatic nitrogens is 2. The summed E-state index contributed by atoms with van der Waals surface area (Å²) in [5.74, 6) is 1.64. The monoisotopic (exact) mass is 368 g/mol. The SMILES string of the molecule is Cc1noc(C)c1Cc1ccc(C(=O)NCC2Cn3cccc3CN2C)o1. The Bertz CT molecular complexity index is 933. The Balaban J connectivity index is 1.36. The number of nitrogens with one attached hydrogen (secondary N) is 1. The fourth-order valence-corrected chi connectivity index (χ4v) is 3.56. The highest BCUT2D eigenvalue weighted by Gasteiger charge is 2.24. The molecule has 0 aromatic carbocycles. The van der Waals surface area contributed by atoms with E-state index in [1.807, 2.05) is 19.9 Å². The first-order valence-corrected chi connectivity index (χ1v) is 9.14. The fraction of sp³-hybridized carbons (Fsp3) is 0.400. The van der Waals surface area contributed by atoms with Gasteiger partial charge in [0.2, 0.25) is 0 Å². The number of fused-ring (bicyclic) bond motifs is 1. The summed E-state index contributed by atoms with van der Waals surface area (Å²) < 4.78 is 13.2. The number of hydrogen-bond acceptors (Lipinski definition) is 5. The highest BCUT2D eigenvalue weighted by atomic mass is 16.5. The lowest BCUT2D eigenvalue weighted by Crippen LogP contribution is -2.47. The summed E-state index contributed by atoms with van der Waals surface area (Å²) in [6.45, 7) is 6.11. The van der Waals surface area contributed by atoms with E-state index in [4.69, 9.17) is 8.94 Å². The minimum Gasteiger partial charge on any atom is -0.456 e. The van der Waals surface area contributed by atoms with Gasteiger partial charge in [-0.3, -0.25) is 9.69 Å². The van der Waals surface area contributed by atoms with Crippen LogP contribution in [0.25, 0.3) is 0 Å². The largest absolute Gasteiger partial charge is 0.456 e. The fourth-order valence-electron chi connectivity index (χ4n) is 3.56. The first-order chi connectivity index (χ1) is 13.0. The van der Waals surface area contributed by atoms with Gasteiger partial charge in [-0.2, -0.15) is 0 Å². The highest BCUT2D eigenvalue weighted by Crippen LogP contribution is 2.19. The second-order valence-corrected chi connectivity index (χ2v) is 7.18. The quantitative estimate of drug-likeness (QED) is 0.749. The summed E-state index contributed by atoms with van der Waals surface area (Å²) in [6.07, 6.45) is 2.65. The highest BCUT2D eigenvalue weighted by molar-refractivity contribution is 5.91. The molecule has 1 atom stereocenters. The van der Waals surface area contributed by atoms with Crippen LogP contribution in [0.3, 0.4) is 0 Å². The van der Waals surface area contributed by atoms with E-state index in [1.54, 1.807) is 6.07 Å². The van der Waals surface area contributed by atoms with Crippen LogP contribution >= 0.6 is 0 Å². The van der Waals surface area contributed by atoms with Crippen LogP contribution in [-0.2, 0) is 19.5 Å². The number of nitrogens with zero attached hydrogens (tertiary/aromatic N) is 3. The zero-order valence-corrected chi connectivity index (χ0v) is 15.9. The Morgan fingerprint density at radius 2 is 2.19 bits per heavy atom. The summed E-state index contributed by atoms with van der Waals surface area (Å²) in [6, 6.07) is 8.00. The minimum atomic E-state index is -0.188. The number of carbonyl (C=O) groups excluding carboxylic acids is 1. The molecule has 0 aliphatic carbocycles. The lowest BCUT2D eigenvalue weighted by atomic mass is 10.1. The zero-order chi connectivity index (χ0) is 19.0. The molecule has 1 amide bonds. The van der Waals surface area contributed by atoms with Gasteiger partial charge < -0.3 is 18.8 Å². The van der Waals surface area contributed by atoms with Gasteiger partial charge in [-0.25, -0.2) is 0 Å². The number of amides is 1. The molecule has 3 aromatic heterocycles. The first-order valence-electron chi connectivity index (χ1n) is 9.14. The second kappa shape index (κ2) is 7.08. The maximum absolute atomic E-state index is 12.5. The van der Waals surface area contributed by atoms with E-state index < -0.39 is 0 Å². The van der Waals surface area contributed by atoms with Gasteiger partial charge in [-0.15, -0.1) is 0 Å². The molecule has 3 aromatic rings. The van der Waals surface area contributed by atoms with E-state index in [2.05, 4.69) is 45.3 Å². The van der Waals surface area contributed by atoms with Crippen molar-refractivity contribution in [1.29, 1.82) is 0 Å². The zero-order valence-electron chi connectivity index (χ0n) is 15.9. The molecule has 1 N–H and O–H groups in total. The number of likely N-dealkylation sites (N-methyl/N-ethyl adjacent to an activating group) is 1. The smallest absolute Gasteiger partial charge is 0.287 e. The summed E-state index contributed by atoms with van der Waals surface area (Å²) in [5.41, 5.74) is 3.15. The summed E-state index contributed by atoms with van der Waals surface area (Å²) in [4.78, 5) is 14.7. The van der Waals surface area contributed by atoms with Crippen LogP contribution in [0.2, 0.25) is 0 Å². The van der Waals surface area contributed by atoms with Gasteiger partial charge in [0.1, 0.15) is 11.5 Å². The van der Waals surface area contributed by atoms with Crippen LogP contribution in [0.15, 0.2) is 39.4 Å². The Morgan fingerprint density at radius 3 is 2.96 bits per heavy atom. The van der Waals surface area contributed by atoms with E-state index >= 15 is 0 Å². The topological polar surface area (TPSA) is 76.4 Å². The molecule has 1 unspecified atom stereocenters. The number of carbonyl (C=O) groups is 1. The minimum absolute atomic E-state index is 0.188. The predicted octanol–water partition coefficient (Wildman–Crippen LogP) is 2.52. The molecule has 7 nitrogen and oxygen atoms in total. The van der Waals surface area contributed by atoms with E-state index in [0.717, 1.165) is 35.9 Å². The molecule has 27 heavy (non-hydrogen) atoms. The van der Waals surface area contributed by atoms with Crippen LogP contribution in [0.1, 0.15) is 39.0 Å². The molecule has 0 spiro atoms. The molecule has 0 bridgehead atoms. The predicted molar refractivity (Wildman–Crippen MR) is 99.5 cm³/mol. The molecular formula is C20H24N4O3. The van der Waals surface area contributed by atoms with E-state index in [9.17, 15) is 4.79 Å². The van der Waals surface area contributed by atoms with Crippen LogP contribution in [0.4, 0.5) is 0 Å². The third-order valence-electron chi connectivity index (χ3n) is 5.28. The van der Waals surface area contributed by atoms with E-state index in [0.29, 0.717) is 18.7 Å². The number of furan rings is 1. The molecule has 142 valence electrons. The number of aryl methyl sites for hydroxylation is 2. The van der Waals surface area contributed by atoms with Crippen molar-refractivity contribution in [3.8, 4) is 0 Å². The van der Waals surface area contributed by atoms with Crippen molar-refractivity contribution >= 4 is 5.91 Å². The van der Waals surface area contributed by atoms with Crippen molar-refractivity contribution in [1.82, 2.24) is 19.9 Å². The van der Waals surface area contributed by atoms with Gasteiger partial charge in [0, 0.05) is 49.6 Å². The molecule has 4 rings (SSSR count). The third-order valence-corrected chi connectivity index (χ3v) is 5.28.